The van der Waals surface area contributed by atoms with Gasteiger partial charge in [-0.1, -0.05) is 66.7 Å². The molecule has 0 atom stereocenters. The minimum Gasteiger partial charge on any atom is -0.305 e. The van der Waals surface area contributed by atoms with Crippen LogP contribution in [-0.2, 0) is 32.5 Å². The molecule has 1 aromatic heterocycles. The molecule has 0 fully saturated rings. The minimum absolute atomic E-state index is 0. The third-order valence-electron chi connectivity index (χ3n) is 6.24. The molecule has 5 aromatic carbocycles. The van der Waals surface area contributed by atoms with Gasteiger partial charge in [0, 0.05) is 26.3 Å². The van der Waals surface area contributed by atoms with Gasteiger partial charge in [-0.15, -0.1) is 23.8 Å². The molecule has 0 aliphatic heterocycles. The maximum absolute atomic E-state index is 12.7. The Bertz CT molecular complexity index is 1550. The van der Waals surface area contributed by atoms with Crippen molar-refractivity contribution in [1.29, 1.82) is 0 Å². The average Bonchev–Trinajstić information content (AvgIpc) is 3.07. The molecule has 0 aliphatic rings. The van der Waals surface area contributed by atoms with Crippen molar-refractivity contribution in [2.45, 2.75) is 12.4 Å². The summed E-state index contributed by atoms with van der Waals surface area (Å²) in [5.41, 5.74) is -3.23. The molecule has 0 bridgehead atoms. The Labute approximate surface area is 279 Å². The van der Waals surface area contributed by atoms with Crippen LogP contribution in [0.15, 0.2) is 158 Å². The number of halogens is 6. The van der Waals surface area contributed by atoms with Crippen molar-refractivity contribution in [2.24, 2.45) is 0 Å². The molecule has 0 unspecified atom stereocenters. The van der Waals surface area contributed by atoms with Crippen molar-refractivity contribution >= 4 is 23.8 Å². The first-order valence-electron chi connectivity index (χ1n) is 13.7. The third kappa shape index (κ3) is 11.1. The zero-order chi connectivity index (χ0) is 32.1. The Balaban J connectivity index is 0.000000208. The molecular formula is C37H27F6IrNP-. The molecule has 1 radical (unpaired) electrons. The molecule has 0 saturated heterocycles. The van der Waals surface area contributed by atoms with Crippen LogP contribution in [0.25, 0.3) is 11.3 Å². The second-order valence-corrected chi connectivity index (χ2v) is 11.9. The molecule has 46 heavy (non-hydrogen) atoms. The van der Waals surface area contributed by atoms with Crippen LogP contribution in [0.2, 0.25) is 0 Å². The molecule has 0 aliphatic carbocycles. The van der Waals surface area contributed by atoms with Gasteiger partial charge in [-0.25, -0.2) is 0 Å². The summed E-state index contributed by atoms with van der Waals surface area (Å²) in [5.74, 6) is 0. The molecule has 0 spiro atoms. The molecular weight excluding hydrogens is 796 g/mol. The van der Waals surface area contributed by atoms with Crippen molar-refractivity contribution in [3.63, 3.8) is 0 Å². The van der Waals surface area contributed by atoms with E-state index in [1.807, 2.05) is 36.4 Å². The summed E-state index contributed by atoms with van der Waals surface area (Å²) < 4.78 is 75.8. The number of rotatable bonds is 4. The Hall–Kier alpha value is -4.09. The van der Waals surface area contributed by atoms with Crippen LogP contribution in [0, 0.1) is 12.1 Å². The van der Waals surface area contributed by atoms with Gasteiger partial charge in [-0.3, -0.25) is 0 Å². The minimum atomic E-state index is -4.91. The smallest absolute Gasteiger partial charge is 0.305 e. The van der Waals surface area contributed by atoms with E-state index in [4.69, 9.17) is 0 Å². The van der Waals surface area contributed by atoms with Gasteiger partial charge in [0.15, 0.2) is 0 Å². The van der Waals surface area contributed by atoms with Crippen LogP contribution in [0.3, 0.4) is 0 Å². The van der Waals surface area contributed by atoms with Gasteiger partial charge in [0.2, 0.25) is 0 Å². The molecule has 6 aromatic rings. The van der Waals surface area contributed by atoms with Crippen molar-refractivity contribution in [3.05, 3.63) is 181 Å². The maximum atomic E-state index is 12.7. The molecule has 1 heterocycles. The van der Waals surface area contributed by atoms with E-state index in [0.717, 1.165) is 0 Å². The Morgan fingerprint density at radius 3 is 1.33 bits per heavy atom. The van der Waals surface area contributed by atoms with Crippen LogP contribution in [0.5, 0.6) is 0 Å². The molecule has 9 heteroatoms. The summed E-state index contributed by atoms with van der Waals surface area (Å²) in [6.45, 7) is 0. The molecule has 0 saturated carbocycles. The topological polar surface area (TPSA) is 12.9 Å². The van der Waals surface area contributed by atoms with Crippen LogP contribution in [0.4, 0.5) is 26.3 Å². The Morgan fingerprint density at radius 1 is 0.522 bits per heavy atom. The zero-order valence-electron chi connectivity index (χ0n) is 24.1. The van der Waals surface area contributed by atoms with E-state index < -0.39 is 31.4 Å². The fraction of sp³-hybridized carbons (Fsp3) is 0.0541. The predicted octanol–water partition coefficient (Wildman–Crippen LogP) is 9.25. The summed E-state index contributed by atoms with van der Waals surface area (Å²) in [4.78, 5) is 3.73. The first-order chi connectivity index (χ1) is 21.6. The van der Waals surface area contributed by atoms with Crippen molar-refractivity contribution in [3.8, 4) is 11.3 Å². The number of alkyl halides is 6. The van der Waals surface area contributed by atoms with Gasteiger partial charge in [0.1, 0.15) is 15.9 Å². The average molecular weight is 823 g/mol. The number of nitrogens with zero attached hydrogens (tertiary/aromatic N) is 1. The molecule has 1 nitrogen and oxygen atoms in total. The molecule has 6 rings (SSSR count). The van der Waals surface area contributed by atoms with Crippen LogP contribution in [0.1, 0.15) is 11.1 Å². The number of hydrogen-bond donors (Lipinski definition) is 0. The van der Waals surface area contributed by atoms with Crippen LogP contribution < -0.4 is 15.9 Å². The Kier molecular flexibility index (Phi) is 13.9. The molecule has 237 valence electrons. The normalized spacial score (nSPS) is 10.8. The van der Waals surface area contributed by atoms with E-state index in [9.17, 15) is 26.3 Å². The van der Waals surface area contributed by atoms with Gasteiger partial charge in [-0.05, 0) is 59.3 Å². The monoisotopic (exact) mass is 823 g/mol. The van der Waals surface area contributed by atoms with Crippen molar-refractivity contribution in [1.82, 2.24) is 4.98 Å². The first kappa shape index (κ1) is 36.4. The summed E-state index contributed by atoms with van der Waals surface area (Å²) in [6, 6.07) is 51.8. The fourth-order valence-corrected chi connectivity index (χ4v) is 6.78. The van der Waals surface area contributed by atoms with E-state index in [2.05, 4.69) is 102 Å². The fourth-order valence-electron chi connectivity index (χ4n) is 4.20. The molecule has 0 N–H and O–H groups in total. The van der Waals surface area contributed by atoms with E-state index >= 15 is 0 Å². The van der Waals surface area contributed by atoms with Crippen molar-refractivity contribution in [2.75, 3.05) is 0 Å². The van der Waals surface area contributed by atoms with Gasteiger partial charge in [0.05, 0.1) is 7.92 Å². The number of benzene rings is 5. The van der Waals surface area contributed by atoms with Gasteiger partial charge in [0.25, 0.3) is 0 Å². The van der Waals surface area contributed by atoms with Crippen molar-refractivity contribution < 1.29 is 46.4 Å². The zero-order valence-corrected chi connectivity index (χ0v) is 27.5. The van der Waals surface area contributed by atoms with Gasteiger partial charge < -0.3 is 4.98 Å². The van der Waals surface area contributed by atoms with E-state index in [1.54, 1.807) is 0 Å². The standard InChI is InChI=1S/C18H15P.C13H6F6N.C6H5.Ir/c1-4-10-16(11-5-1)19(17-12-6-2-7-13-17)18-14-8-3-9-15-18;14-12(15,16)9-5-8(11-3-1-2-4-20-11)6-10(7-9)13(17,18)19;1-2-4-6-5-3-1;/h1-15H;1-5,7H;1-5H;/q;2*-1;/p+1. The van der Waals surface area contributed by atoms with Gasteiger partial charge >= 0.3 is 12.4 Å². The van der Waals surface area contributed by atoms with Crippen LogP contribution in [-0.4, -0.2) is 4.98 Å². The first-order valence-corrected chi connectivity index (χ1v) is 15.2. The largest absolute Gasteiger partial charge is 0.399 e. The number of hydrogen-bond acceptors (Lipinski definition) is 1. The summed E-state index contributed by atoms with van der Waals surface area (Å²) >= 11 is 0. The van der Waals surface area contributed by atoms with E-state index in [0.29, 0.717) is 6.07 Å². The Morgan fingerprint density at radius 2 is 0.978 bits per heavy atom. The summed E-state index contributed by atoms with van der Waals surface area (Å²) in [7, 11) is -0.877. The second kappa shape index (κ2) is 17.6. The molecule has 0 amide bonds. The summed E-state index contributed by atoms with van der Waals surface area (Å²) in [6.07, 6.45) is -8.51. The van der Waals surface area contributed by atoms with E-state index in [1.165, 1.54) is 40.3 Å². The number of pyridine rings is 1. The van der Waals surface area contributed by atoms with Gasteiger partial charge in [-0.2, -0.15) is 62.7 Å². The summed E-state index contributed by atoms with van der Waals surface area (Å²) in [5, 5.41) is 4.31. The maximum Gasteiger partial charge on any atom is 0.399 e. The SMILES string of the molecule is FC(F)(F)c1[c-]c(-c2ccccn2)cc(C(F)(F)F)c1.[Ir].[c-]1ccccc1.c1ccc([PH+](c2ccccc2)c2ccccc2)cc1. The van der Waals surface area contributed by atoms with E-state index in [-0.39, 0.29) is 37.4 Å². The predicted molar refractivity (Wildman–Crippen MR) is 170 cm³/mol. The number of aromatic nitrogens is 1. The third-order valence-corrected chi connectivity index (χ3v) is 8.97. The quantitative estimate of drug-likeness (QED) is 0.0983. The van der Waals surface area contributed by atoms with Crippen LogP contribution >= 0.6 is 7.92 Å². The second-order valence-electron chi connectivity index (χ2n) is 9.46.